The predicted molar refractivity (Wildman–Crippen MR) is 64.1 cm³/mol. The molecule has 1 aliphatic carbocycles. The fourth-order valence-corrected chi connectivity index (χ4v) is 2.12. The van der Waals surface area contributed by atoms with Gasteiger partial charge in [-0.15, -0.1) is 0 Å². The number of nitrogens with two attached hydrogens (primary N) is 1. The molecule has 0 bridgehead atoms. The molecule has 4 heteroatoms. The third-order valence-corrected chi connectivity index (χ3v) is 3.09. The van der Waals surface area contributed by atoms with Crippen LogP contribution in [-0.4, -0.2) is 17.1 Å². The van der Waals surface area contributed by atoms with E-state index in [0.717, 1.165) is 25.7 Å². The minimum Gasteiger partial charge on any atom is -0.504 e. The van der Waals surface area contributed by atoms with Crippen LogP contribution in [-0.2, 0) is 0 Å². The molecule has 3 N–H and O–H groups in total. The standard InChI is InChI=1S/C13H17NO3/c14-13(16)9-6-7-11(15)12(8-9)17-10-4-2-1-3-5-10/h6-8,10,15H,1-5H2,(H2,14,16). The molecule has 0 spiro atoms. The van der Waals surface area contributed by atoms with Crippen LogP contribution in [0.4, 0.5) is 0 Å². The van der Waals surface area contributed by atoms with Crippen LogP contribution in [0.5, 0.6) is 11.5 Å². The summed E-state index contributed by atoms with van der Waals surface area (Å²) in [6.07, 6.45) is 5.69. The van der Waals surface area contributed by atoms with E-state index in [1.807, 2.05) is 0 Å². The van der Waals surface area contributed by atoms with Gasteiger partial charge in [0.15, 0.2) is 11.5 Å². The van der Waals surface area contributed by atoms with E-state index in [1.54, 1.807) is 0 Å². The highest BCUT2D eigenvalue weighted by atomic mass is 16.5. The Morgan fingerprint density at radius 1 is 1.29 bits per heavy atom. The number of benzene rings is 1. The van der Waals surface area contributed by atoms with Crippen molar-refractivity contribution in [2.24, 2.45) is 5.73 Å². The zero-order valence-electron chi connectivity index (χ0n) is 9.69. The van der Waals surface area contributed by atoms with Crippen molar-refractivity contribution < 1.29 is 14.6 Å². The Morgan fingerprint density at radius 2 is 2.00 bits per heavy atom. The summed E-state index contributed by atoms with van der Waals surface area (Å²) in [6, 6.07) is 4.44. The molecule has 1 aromatic carbocycles. The van der Waals surface area contributed by atoms with Gasteiger partial charge in [-0.25, -0.2) is 0 Å². The van der Waals surface area contributed by atoms with Crippen molar-refractivity contribution in [1.29, 1.82) is 0 Å². The van der Waals surface area contributed by atoms with E-state index in [-0.39, 0.29) is 11.9 Å². The van der Waals surface area contributed by atoms with Crippen molar-refractivity contribution in [3.8, 4) is 11.5 Å². The van der Waals surface area contributed by atoms with Crippen LogP contribution in [0, 0.1) is 0 Å². The maximum Gasteiger partial charge on any atom is 0.248 e. The molecule has 1 saturated carbocycles. The molecular formula is C13H17NO3. The summed E-state index contributed by atoms with van der Waals surface area (Å²) in [5, 5.41) is 9.67. The Balaban J connectivity index is 2.13. The number of rotatable bonds is 3. The molecule has 1 aliphatic rings. The van der Waals surface area contributed by atoms with E-state index in [0.29, 0.717) is 11.3 Å². The second-order valence-electron chi connectivity index (χ2n) is 4.42. The Hall–Kier alpha value is -1.71. The first kappa shape index (κ1) is 11.8. The van der Waals surface area contributed by atoms with Crippen LogP contribution in [0.15, 0.2) is 18.2 Å². The number of primary amides is 1. The molecule has 1 aromatic rings. The molecule has 0 radical (unpaired) electrons. The summed E-state index contributed by atoms with van der Waals surface area (Å²) >= 11 is 0. The van der Waals surface area contributed by atoms with Crippen molar-refractivity contribution in [2.45, 2.75) is 38.2 Å². The summed E-state index contributed by atoms with van der Waals surface area (Å²) < 4.78 is 5.72. The van der Waals surface area contributed by atoms with Gasteiger partial charge >= 0.3 is 0 Å². The van der Waals surface area contributed by atoms with Crippen LogP contribution in [0.2, 0.25) is 0 Å². The smallest absolute Gasteiger partial charge is 0.248 e. The van der Waals surface area contributed by atoms with Gasteiger partial charge in [-0.1, -0.05) is 6.42 Å². The molecule has 0 unspecified atom stereocenters. The minimum atomic E-state index is -0.515. The van der Waals surface area contributed by atoms with E-state index >= 15 is 0 Å². The summed E-state index contributed by atoms with van der Waals surface area (Å²) in [5.74, 6) is -0.104. The lowest BCUT2D eigenvalue weighted by Crippen LogP contribution is -2.20. The number of phenols is 1. The largest absolute Gasteiger partial charge is 0.504 e. The third-order valence-electron chi connectivity index (χ3n) is 3.09. The molecule has 1 fully saturated rings. The maximum absolute atomic E-state index is 11.0. The number of hydrogen-bond acceptors (Lipinski definition) is 3. The molecule has 0 aromatic heterocycles. The molecule has 1 amide bonds. The Kier molecular flexibility index (Phi) is 3.52. The Labute approximate surface area is 100 Å². The molecule has 0 heterocycles. The molecule has 0 aliphatic heterocycles. The van der Waals surface area contributed by atoms with Crippen LogP contribution >= 0.6 is 0 Å². The highest BCUT2D eigenvalue weighted by Gasteiger charge is 2.17. The molecule has 0 saturated heterocycles. The molecule has 4 nitrogen and oxygen atoms in total. The highest BCUT2D eigenvalue weighted by molar-refractivity contribution is 5.93. The zero-order chi connectivity index (χ0) is 12.3. The van der Waals surface area contributed by atoms with Crippen molar-refractivity contribution in [3.63, 3.8) is 0 Å². The fraction of sp³-hybridized carbons (Fsp3) is 0.462. The fourth-order valence-electron chi connectivity index (χ4n) is 2.12. The van der Waals surface area contributed by atoms with Gasteiger partial charge in [0.05, 0.1) is 6.10 Å². The van der Waals surface area contributed by atoms with E-state index < -0.39 is 5.91 Å². The van der Waals surface area contributed by atoms with E-state index in [1.165, 1.54) is 24.6 Å². The number of amides is 1. The lowest BCUT2D eigenvalue weighted by molar-refractivity contribution is 0.0998. The normalized spacial score (nSPS) is 16.7. The van der Waals surface area contributed by atoms with E-state index in [9.17, 15) is 9.90 Å². The molecule has 2 rings (SSSR count). The summed E-state index contributed by atoms with van der Waals surface area (Å²) in [5.41, 5.74) is 5.54. The van der Waals surface area contributed by atoms with Crippen molar-refractivity contribution in [3.05, 3.63) is 23.8 Å². The second kappa shape index (κ2) is 5.08. The first-order chi connectivity index (χ1) is 8.16. The summed E-state index contributed by atoms with van der Waals surface area (Å²) in [7, 11) is 0. The lowest BCUT2D eigenvalue weighted by Gasteiger charge is -2.23. The number of aromatic hydroxyl groups is 1. The van der Waals surface area contributed by atoms with Gasteiger partial charge in [-0.3, -0.25) is 4.79 Å². The monoisotopic (exact) mass is 235 g/mol. The topological polar surface area (TPSA) is 72.6 Å². The van der Waals surface area contributed by atoms with Gasteiger partial charge in [-0.05, 0) is 43.9 Å². The van der Waals surface area contributed by atoms with Crippen molar-refractivity contribution >= 4 is 5.91 Å². The van der Waals surface area contributed by atoms with E-state index in [2.05, 4.69) is 0 Å². The van der Waals surface area contributed by atoms with Crippen LogP contribution in [0.3, 0.4) is 0 Å². The highest BCUT2D eigenvalue weighted by Crippen LogP contribution is 2.30. The van der Waals surface area contributed by atoms with Crippen LogP contribution in [0.1, 0.15) is 42.5 Å². The summed E-state index contributed by atoms with van der Waals surface area (Å²) in [6.45, 7) is 0. The first-order valence-electron chi connectivity index (χ1n) is 5.96. The quantitative estimate of drug-likeness (QED) is 0.843. The van der Waals surface area contributed by atoms with Gasteiger partial charge in [0.2, 0.25) is 5.91 Å². The van der Waals surface area contributed by atoms with Crippen molar-refractivity contribution in [2.75, 3.05) is 0 Å². The maximum atomic E-state index is 11.0. The van der Waals surface area contributed by atoms with Crippen molar-refractivity contribution in [1.82, 2.24) is 0 Å². The average Bonchev–Trinajstić information content (AvgIpc) is 2.33. The molecular weight excluding hydrogens is 218 g/mol. The minimum absolute atomic E-state index is 0.0561. The predicted octanol–water partition coefficient (Wildman–Crippen LogP) is 2.20. The van der Waals surface area contributed by atoms with E-state index in [4.69, 9.17) is 10.5 Å². The number of phenolic OH excluding ortho intramolecular Hbond substituents is 1. The van der Waals surface area contributed by atoms with Gasteiger partial charge in [0, 0.05) is 5.56 Å². The molecule has 92 valence electrons. The van der Waals surface area contributed by atoms with Crippen LogP contribution < -0.4 is 10.5 Å². The first-order valence-corrected chi connectivity index (χ1v) is 5.96. The Morgan fingerprint density at radius 3 is 2.65 bits per heavy atom. The van der Waals surface area contributed by atoms with Gasteiger partial charge < -0.3 is 15.6 Å². The van der Waals surface area contributed by atoms with Gasteiger partial charge in [-0.2, -0.15) is 0 Å². The second-order valence-corrected chi connectivity index (χ2v) is 4.42. The van der Waals surface area contributed by atoms with Gasteiger partial charge in [0.25, 0.3) is 0 Å². The number of carbonyl (C=O) groups excluding carboxylic acids is 1. The molecule has 17 heavy (non-hydrogen) atoms. The lowest BCUT2D eigenvalue weighted by atomic mass is 9.98. The third kappa shape index (κ3) is 2.90. The SMILES string of the molecule is NC(=O)c1ccc(O)c(OC2CCCCC2)c1. The number of carbonyl (C=O) groups is 1. The average molecular weight is 235 g/mol. The van der Waals surface area contributed by atoms with Crippen LogP contribution in [0.25, 0.3) is 0 Å². The zero-order valence-corrected chi connectivity index (χ0v) is 9.69. The Bertz CT molecular complexity index is 411. The number of ether oxygens (including phenoxy) is 1. The van der Waals surface area contributed by atoms with Gasteiger partial charge in [0.1, 0.15) is 0 Å². The summed E-state index contributed by atoms with van der Waals surface area (Å²) in [4.78, 5) is 11.0. The molecule has 0 atom stereocenters. The number of hydrogen-bond donors (Lipinski definition) is 2.